The number of sulfonamides is 1. The first-order valence-electron chi connectivity index (χ1n) is 20.6. The molecule has 312 valence electrons. The Morgan fingerprint density at radius 2 is 1.50 bits per heavy atom. The number of halogens is 1. The second-order valence-corrected chi connectivity index (χ2v) is 19.0. The van der Waals surface area contributed by atoms with E-state index in [2.05, 4.69) is 42.9 Å². The van der Waals surface area contributed by atoms with Gasteiger partial charge in [0.1, 0.15) is 5.69 Å². The van der Waals surface area contributed by atoms with Crippen LogP contribution in [0, 0.1) is 10.1 Å². The number of nitrogens with one attached hydrogen (secondary N) is 2. The fourth-order valence-electron chi connectivity index (χ4n) is 8.81. The molecular formula is C46H49ClN6O5S2. The van der Waals surface area contributed by atoms with Crippen LogP contribution in [0.3, 0.4) is 0 Å². The number of rotatable bonds is 16. The van der Waals surface area contributed by atoms with Crippen LogP contribution in [0.25, 0.3) is 11.1 Å². The number of thioether (sulfide) groups is 1. The van der Waals surface area contributed by atoms with Crippen LogP contribution < -0.4 is 14.9 Å². The molecule has 3 aliphatic rings. The minimum Gasteiger partial charge on any atom is -0.376 e. The van der Waals surface area contributed by atoms with Gasteiger partial charge >= 0.3 is 0 Å². The van der Waals surface area contributed by atoms with Crippen molar-refractivity contribution in [3.63, 3.8) is 0 Å². The normalized spacial score (nSPS) is 18.6. The van der Waals surface area contributed by atoms with Crippen molar-refractivity contribution in [3.05, 3.63) is 148 Å². The van der Waals surface area contributed by atoms with Crippen LogP contribution in [-0.2, 0) is 16.6 Å². The van der Waals surface area contributed by atoms with E-state index in [1.165, 1.54) is 48.9 Å². The molecule has 2 N–H and O–H groups in total. The molecule has 0 saturated carbocycles. The Labute approximate surface area is 361 Å². The zero-order valence-corrected chi connectivity index (χ0v) is 35.7. The third-order valence-electron chi connectivity index (χ3n) is 12.0. The van der Waals surface area contributed by atoms with E-state index in [0.29, 0.717) is 22.9 Å². The van der Waals surface area contributed by atoms with Crippen molar-refractivity contribution in [2.24, 2.45) is 0 Å². The molecular weight excluding hydrogens is 816 g/mol. The summed E-state index contributed by atoms with van der Waals surface area (Å²) in [6.45, 7) is 4.99. The van der Waals surface area contributed by atoms with Gasteiger partial charge in [0.25, 0.3) is 21.6 Å². The van der Waals surface area contributed by atoms with Gasteiger partial charge in [-0.3, -0.25) is 24.7 Å². The lowest BCUT2D eigenvalue weighted by atomic mass is 9.99. The molecule has 11 nitrogen and oxygen atoms in total. The van der Waals surface area contributed by atoms with Crippen LogP contribution in [0.15, 0.2) is 131 Å². The van der Waals surface area contributed by atoms with Gasteiger partial charge in [-0.05, 0) is 109 Å². The maximum absolute atomic E-state index is 13.5. The zero-order chi connectivity index (χ0) is 41.6. The van der Waals surface area contributed by atoms with Crippen molar-refractivity contribution in [1.29, 1.82) is 0 Å². The molecule has 0 spiro atoms. The van der Waals surface area contributed by atoms with Crippen molar-refractivity contribution in [2.45, 2.75) is 66.6 Å². The maximum atomic E-state index is 13.5. The Bertz CT molecular complexity index is 2380. The lowest BCUT2D eigenvalue weighted by Crippen LogP contribution is -2.46. The maximum Gasteiger partial charge on any atom is 0.293 e. The highest BCUT2D eigenvalue weighted by Crippen LogP contribution is 2.38. The number of hydrogen-bond donors (Lipinski definition) is 2. The third kappa shape index (κ3) is 9.98. The molecule has 0 unspecified atom stereocenters. The molecule has 3 heterocycles. The molecule has 0 radical (unpaired) electrons. The molecule has 5 aromatic carbocycles. The molecule has 60 heavy (non-hydrogen) atoms. The summed E-state index contributed by atoms with van der Waals surface area (Å²) in [6, 6.07) is 38.1. The van der Waals surface area contributed by atoms with Gasteiger partial charge in [0.05, 0.1) is 9.82 Å². The number of nitro groups is 1. The topological polar surface area (TPSA) is 128 Å². The minimum absolute atomic E-state index is 0.105. The van der Waals surface area contributed by atoms with Crippen LogP contribution >= 0.6 is 23.4 Å². The molecule has 1 atom stereocenters. The number of hydrogen-bond acceptors (Lipinski definition) is 10. The van der Waals surface area contributed by atoms with Crippen LogP contribution in [-0.4, -0.2) is 85.7 Å². The Kier molecular flexibility index (Phi) is 13.1. The summed E-state index contributed by atoms with van der Waals surface area (Å²) >= 11 is 7.81. The van der Waals surface area contributed by atoms with Crippen molar-refractivity contribution in [2.75, 3.05) is 48.7 Å². The second-order valence-electron chi connectivity index (χ2n) is 15.8. The van der Waals surface area contributed by atoms with E-state index in [1.54, 1.807) is 23.9 Å². The van der Waals surface area contributed by atoms with Gasteiger partial charge in [-0.2, -0.15) is 0 Å². The molecule has 3 aliphatic heterocycles. The molecule has 8 rings (SSSR count). The van der Waals surface area contributed by atoms with E-state index in [1.807, 2.05) is 72.8 Å². The molecule has 3 fully saturated rings. The zero-order valence-electron chi connectivity index (χ0n) is 33.3. The van der Waals surface area contributed by atoms with Crippen molar-refractivity contribution >= 4 is 56.4 Å². The molecule has 0 aromatic heterocycles. The molecule has 2 bridgehead atoms. The van der Waals surface area contributed by atoms with Crippen LogP contribution in [0.5, 0.6) is 0 Å². The quantitative estimate of drug-likeness (QED) is 0.0564. The number of piperazine rings is 1. The number of carbonyl (C=O) groups is 1. The van der Waals surface area contributed by atoms with Gasteiger partial charge in [-0.25, -0.2) is 13.1 Å². The van der Waals surface area contributed by atoms with E-state index < -0.39 is 20.9 Å². The van der Waals surface area contributed by atoms with Crippen LogP contribution in [0.1, 0.15) is 48.0 Å². The van der Waals surface area contributed by atoms with E-state index in [-0.39, 0.29) is 27.9 Å². The highest BCUT2D eigenvalue weighted by molar-refractivity contribution is 7.99. The molecule has 0 aliphatic carbocycles. The van der Waals surface area contributed by atoms with Crippen molar-refractivity contribution < 1.29 is 18.1 Å². The highest BCUT2D eigenvalue weighted by atomic mass is 35.5. The Morgan fingerprint density at radius 1 is 0.833 bits per heavy atom. The number of carbonyl (C=O) groups excluding carboxylic acids is 1. The van der Waals surface area contributed by atoms with Gasteiger partial charge in [0.15, 0.2) is 0 Å². The SMILES string of the molecule is O=C(NS(=O)(=O)c1ccc(N[C@H](CCN2C3CCC2CC3)CSc2ccccc2)c([N+](=O)[O-])c1)c1ccc(N2CCN(Cc3ccccc3-c3ccc(Cl)cc3)CC2)cc1. The average Bonchev–Trinajstić information content (AvgIpc) is 3.85. The monoisotopic (exact) mass is 864 g/mol. The number of benzene rings is 5. The summed E-state index contributed by atoms with van der Waals surface area (Å²) in [5, 5.41) is 16.5. The van der Waals surface area contributed by atoms with Gasteiger partial charge in [0, 0.05) is 90.4 Å². The average molecular weight is 866 g/mol. The Morgan fingerprint density at radius 3 is 2.18 bits per heavy atom. The van der Waals surface area contributed by atoms with Crippen LogP contribution in [0.4, 0.5) is 17.1 Å². The number of amides is 1. The molecule has 1 amide bonds. The lowest BCUT2D eigenvalue weighted by Gasteiger charge is -2.36. The van der Waals surface area contributed by atoms with E-state index in [4.69, 9.17) is 11.6 Å². The summed E-state index contributed by atoms with van der Waals surface area (Å²) in [5.41, 5.74) is 4.54. The van der Waals surface area contributed by atoms with Gasteiger partial charge in [-0.1, -0.05) is 66.2 Å². The van der Waals surface area contributed by atoms with E-state index >= 15 is 0 Å². The third-order valence-corrected chi connectivity index (χ3v) is 14.8. The van der Waals surface area contributed by atoms with Crippen LogP contribution in [0.2, 0.25) is 5.02 Å². The first-order chi connectivity index (χ1) is 29.1. The lowest BCUT2D eigenvalue weighted by molar-refractivity contribution is -0.384. The fourth-order valence-corrected chi connectivity index (χ4v) is 10.9. The van der Waals surface area contributed by atoms with E-state index in [9.17, 15) is 23.3 Å². The summed E-state index contributed by atoms with van der Waals surface area (Å²) in [7, 11) is -4.43. The largest absolute Gasteiger partial charge is 0.376 e. The van der Waals surface area contributed by atoms with Gasteiger partial charge in [-0.15, -0.1) is 11.8 Å². The predicted octanol–water partition coefficient (Wildman–Crippen LogP) is 8.95. The number of nitrogens with zero attached hydrogens (tertiary/aromatic N) is 4. The second kappa shape index (κ2) is 18.8. The van der Waals surface area contributed by atoms with Crippen molar-refractivity contribution in [1.82, 2.24) is 14.5 Å². The summed E-state index contributed by atoms with van der Waals surface area (Å²) in [5.74, 6) is -0.138. The number of nitro benzene ring substituents is 1. The summed E-state index contributed by atoms with van der Waals surface area (Å²) in [6.07, 6.45) is 5.70. The number of fused-ring (bicyclic) bond motifs is 2. The summed E-state index contributed by atoms with van der Waals surface area (Å²) < 4.78 is 29.1. The minimum atomic E-state index is -4.43. The smallest absolute Gasteiger partial charge is 0.293 e. The fraction of sp³-hybridized carbons (Fsp3) is 0.326. The van der Waals surface area contributed by atoms with E-state index in [0.717, 1.165) is 67.9 Å². The van der Waals surface area contributed by atoms with Gasteiger partial charge in [0.2, 0.25) is 0 Å². The molecule has 5 aromatic rings. The predicted molar refractivity (Wildman–Crippen MR) is 241 cm³/mol. The summed E-state index contributed by atoms with van der Waals surface area (Å²) in [4.78, 5) is 33.1. The first-order valence-corrected chi connectivity index (χ1v) is 23.4. The molecule has 3 saturated heterocycles. The standard InChI is InChI=1S/C46H49ClN6O5S2/c47-36-14-10-33(11-15-36)43-9-5-4-6-35(43)31-50-26-28-51(29-27-50)38-16-12-34(13-17-38)46(54)49-60(57,58)42-22-23-44(45(30-42)53(55)56)48-37(32-59-41-7-2-1-3-8-41)24-25-52-39-18-19-40(52)21-20-39/h1-17,22-23,30,37,39-40,48H,18-21,24-29,31-32H2,(H,49,54)/t37-,39?,40?/m1/s1. The van der Waals surface area contributed by atoms with Crippen molar-refractivity contribution in [3.8, 4) is 11.1 Å². The molecule has 14 heteroatoms. The van der Waals surface area contributed by atoms with Gasteiger partial charge < -0.3 is 10.2 Å². The first kappa shape index (κ1) is 41.8. The Hall–Kier alpha value is -4.92. The highest BCUT2D eigenvalue weighted by Gasteiger charge is 2.39. The number of anilines is 2. The Balaban J connectivity index is 0.881.